The van der Waals surface area contributed by atoms with Crippen LogP contribution in [0.2, 0.25) is 0 Å². The number of ether oxygens (including phenoxy) is 1. The zero-order chi connectivity index (χ0) is 15.1. The molecule has 21 heavy (non-hydrogen) atoms. The molecule has 1 saturated heterocycles. The van der Waals surface area contributed by atoms with Crippen LogP contribution < -0.4 is 16.8 Å². The Morgan fingerprint density at radius 3 is 2.86 bits per heavy atom. The summed E-state index contributed by atoms with van der Waals surface area (Å²) in [7, 11) is 1.67. The van der Waals surface area contributed by atoms with Gasteiger partial charge in [0.2, 0.25) is 5.95 Å². The van der Waals surface area contributed by atoms with Gasteiger partial charge in [0, 0.05) is 7.05 Å². The highest BCUT2D eigenvalue weighted by Crippen LogP contribution is 2.34. The van der Waals surface area contributed by atoms with Gasteiger partial charge in [0.1, 0.15) is 18.5 Å². The van der Waals surface area contributed by atoms with Crippen LogP contribution in [0.15, 0.2) is 6.33 Å². The van der Waals surface area contributed by atoms with Gasteiger partial charge in [0.05, 0.1) is 12.6 Å². The molecule has 7 N–H and O–H groups in total. The SMILES string of the molecule is CNc1nc2c(N)ncnc2n1C1OC(CO)C(N)C1O. The number of hydrogen-bond acceptors (Lipinski definition) is 9. The van der Waals surface area contributed by atoms with E-state index in [9.17, 15) is 10.2 Å². The first-order valence-electron chi connectivity index (χ1n) is 6.44. The zero-order valence-corrected chi connectivity index (χ0v) is 11.3. The van der Waals surface area contributed by atoms with Crippen molar-refractivity contribution in [2.24, 2.45) is 5.73 Å². The van der Waals surface area contributed by atoms with Gasteiger partial charge >= 0.3 is 0 Å². The van der Waals surface area contributed by atoms with Crippen LogP contribution in [0.25, 0.3) is 11.2 Å². The number of nitrogens with one attached hydrogen (secondary N) is 1. The molecule has 2 aromatic rings. The molecule has 0 radical (unpaired) electrons. The molecule has 114 valence electrons. The second-order valence-electron chi connectivity index (χ2n) is 4.80. The number of hydrogen-bond donors (Lipinski definition) is 5. The van der Waals surface area contributed by atoms with E-state index in [1.54, 1.807) is 11.6 Å². The number of nitrogens with zero attached hydrogens (tertiary/aromatic N) is 4. The molecule has 0 bridgehead atoms. The molecule has 0 aromatic carbocycles. The fraction of sp³-hybridized carbons (Fsp3) is 0.545. The third-order valence-electron chi connectivity index (χ3n) is 3.59. The minimum absolute atomic E-state index is 0.228. The Bertz CT molecular complexity index is 661. The van der Waals surface area contributed by atoms with Gasteiger partial charge in [-0.05, 0) is 0 Å². The first-order chi connectivity index (χ1) is 10.1. The average Bonchev–Trinajstić information content (AvgIpc) is 2.99. The van der Waals surface area contributed by atoms with Crippen LogP contribution in [0.3, 0.4) is 0 Å². The molecular weight excluding hydrogens is 278 g/mol. The molecule has 10 heteroatoms. The Morgan fingerprint density at radius 1 is 1.48 bits per heavy atom. The van der Waals surface area contributed by atoms with Gasteiger partial charge in [0.25, 0.3) is 0 Å². The van der Waals surface area contributed by atoms with E-state index in [1.807, 2.05) is 0 Å². The van der Waals surface area contributed by atoms with E-state index in [1.165, 1.54) is 6.33 Å². The Labute approximate surface area is 119 Å². The summed E-state index contributed by atoms with van der Waals surface area (Å²) in [6.07, 6.45) is -1.19. The molecule has 3 heterocycles. The summed E-state index contributed by atoms with van der Waals surface area (Å²) in [6, 6.07) is -0.707. The number of fused-ring (bicyclic) bond motifs is 1. The molecule has 4 atom stereocenters. The number of aliphatic hydroxyl groups excluding tert-OH is 2. The van der Waals surface area contributed by atoms with E-state index in [4.69, 9.17) is 16.2 Å². The maximum atomic E-state index is 10.3. The number of nitrogens with two attached hydrogens (primary N) is 2. The molecule has 0 saturated carbocycles. The molecule has 4 unspecified atom stereocenters. The minimum atomic E-state index is -1.01. The van der Waals surface area contributed by atoms with Crippen LogP contribution in [-0.4, -0.2) is 61.6 Å². The van der Waals surface area contributed by atoms with E-state index < -0.39 is 24.5 Å². The Balaban J connectivity index is 2.14. The Morgan fingerprint density at radius 2 is 2.24 bits per heavy atom. The number of aliphatic hydroxyl groups is 2. The standard InChI is InChI=1S/C11H17N7O3/c1-14-11-17-6-8(13)15-3-16-9(6)18(11)10-7(20)5(12)4(2-19)21-10/h3-5,7,10,19-20H,2,12H2,1H3,(H,14,17)(H2,13,15,16). The summed E-state index contributed by atoms with van der Waals surface area (Å²) < 4.78 is 7.19. The quantitative estimate of drug-likeness (QED) is 0.433. The first-order valence-corrected chi connectivity index (χ1v) is 6.44. The number of imidazole rings is 1. The van der Waals surface area contributed by atoms with Gasteiger partial charge in [-0.25, -0.2) is 15.0 Å². The van der Waals surface area contributed by atoms with Crippen molar-refractivity contribution >= 4 is 22.9 Å². The van der Waals surface area contributed by atoms with Crippen molar-refractivity contribution in [3.05, 3.63) is 6.33 Å². The molecule has 1 fully saturated rings. The summed E-state index contributed by atoms with van der Waals surface area (Å²) in [5.74, 6) is 0.637. The van der Waals surface area contributed by atoms with Crippen molar-refractivity contribution in [3.63, 3.8) is 0 Å². The largest absolute Gasteiger partial charge is 0.394 e. The molecule has 0 spiro atoms. The van der Waals surface area contributed by atoms with E-state index in [0.717, 1.165) is 0 Å². The maximum Gasteiger partial charge on any atom is 0.207 e. The predicted octanol–water partition coefficient (Wildman–Crippen LogP) is -1.97. The number of rotatable bonds is 3. The number of anilines is 2. The summed E-state index contributed by atoms with van der Waals surface area (Å²) in [4.78, 5) is 12.3. The molecule has 1 aliphatic rings. The Kier molecular flexibility index (Phi) is 3.37. The molecule has 2 aromatic heterocycles. The maximum absolute atomic E-state index is 10.3. The van der Waals surface area contributed by atoms with E-state index in [0.29, 0.717) is 17.1 Å². The second-order valence-corrected chi connectivity index (χ2v) is 4.80. The van der Waals surface area contributed by atoms with Crippen LogP contribution in [0.5, 0.6) is 0 Å². The van der Waals surface area contributed by atoms with Crippen LogP contribution >= 0.6 is 0 Å². The number of aromatic nitrogens is 4. The predicted molar refractivity (Wildman–Crippen MR) is 74.3 cm³/mol. The van der Waals surface area contributed by atoms with Gasteiger partial charge in [-0.2, -0.15) is 0 Å². The lowest BCUT2D eigenvalue weighted by Gasteiger charge is -2.19. The minimum Gasteiger partial charge on any atom is -0.394 e. The summed E-state index contributed by atoms with van der Waals surface area (Å²) in [6.45, 7) is -0.284. The van der Waals surface area contributed by atoms with Crippen molar-refractivity contribution < 1.29 is 14.9 Å². The highest BCUT2D eigenvalue weighted by atomic mass is 16.5. The molecule has 0 aliphatic carbocycles. The van der Waals surface area contributed by atoms with Crippen LogP contribution in [0, 0.1) is 0 Å². The van der Waals surface area contributed by atoms with Gasteiger partial charge < -0.3 is 31.7 Å². The van der Waals surface area contributed by atoms with Crippen molar-refractivity contribution in [3.8, 4) is 0 Å². The van der Waals surface area contributed by atoms with Crippen molar-refractivity contribution in [2.45, 2.75) is 24.5 Å². The van der Waals surface area contributed by atoms with Crippen molar-refractivity contribution in [1.82, 2.24) is 19.5 Å². The van der Waals surface area contributed by atoms with Crippen molar-refractivity contribution in [2.75, 3.05) is 24.7 Å². The molecule has 1 aliphatic heterocycles. The number of nitrogen functional groups attached to an aromatic ring is 1. The highest BCUT2D eigenvalue weighted by molar-refractivity contribution is 5.84. The van der Waals surface area contributed by atoms with Gasteiger partial charge in [-0.1, -0.05) is 0 Å². The van der Waals surface area contributed by atoms with Crippen LogP contribution in [-0.2, 0) is 4.74 Å². The van der Waals surface area contributed by atoms with Crippen LogP contribution in [0.1, 0.15) is 6.23 Å². The summed E-state index contributed by atoms with van der Waals surface area (Å²) >= 11 is 0. The smallest absolute Gasteiger partial charge is 0.207 e. The van der Waals surface area contributed by atoms with Gasteiger partial charge in [-0.3, -0.25) is 4.57 Å². The fourth-order valence-corrected chi connectivity index (χ4v) is 2.48. The lowest BCUT2D eigenvalue weighted by Crippen LogP contribution is -2.41. The van der Waals surface area contributed by atoms with Crippen LogP contribution in [0.4, 0.5) is 11.8 Å². The molecular formula is C11H17N7O3. The monoisotopic (exact) mass is 295 g/mol. The molecule has 3 rings (SSSR count). The van der Waals surface area contributed by atoms with E-state index in [2.05, 4.69) is 20.3 Å². The Hall–Kier alpha value is -2.01. The normalized spacial score (nSPS) is 29.1. The first kappa shape index (κ1) is 13.9. The average molecular weight is 295 g/mol. The highest BCUT2D eigenvalue weighted by Gasteiger charge is 2.43. The zero-order valence-electron chi connectivity index (χ0n) is 11.3. The third kappa shape index (κ3) is 2.00. The topological polar surface area (TPSA) is 157 Å². The lowest BCUT2D eigenvalue weighted by molar-refractivity contribution is -0.0477. The van der Waals surface area contributed by atoms with Gasteiger partial charge in [0.15, 0.2) is 23.2 Å². The van der Waals surface area contributed by atoms with Gasteiger partial charge in [-0.15, -0.1) is 0 Å². The van der Waals surface area contributed by atoms with Crippen molar-refractivity contribution in [1.29, 1.82) is 0 Å². The van der Waals surface area contributed by atoms with E-state index >= 15 is 0 Å². The third-order valence-corrected chi connectivity index (χ3v) is 3.59. The van der Waals surface area contributed by atoms with E-state index in [-0.39, 0.29) is 12.4 Å². The molecule has 10 nitrogen and oxygen atoms in total. The summed E-state index contributed by atoms with van der Waals surface area (Å²) in [5, 5.41) is 22.4. The molecule has 0 amide bonds. The summed E-state index contributed by atoms with van der Waals surface area (Å²) in [5.41, 5.74) is 12.5. The second kappa shape index (κ2) is 5.07. The fourth-order valence-electron chi connectivity index (χ4n) is 2.48. The lowest BCUT2D eigenvalue weighted by atomic mass is 10.1.